The zero-order chi connectivity index (χ0) is 7.61. The monoisotopic (exact) mass is 141 g/mol. The first-order chi connectivity index (χ1) is 4.66. The van der Waals surface area contributed by atoms with Crippen LogP contribution in [-0.4, -0.2) is 6.54 Å². The summed E-state index contributed by atoms with van der Waals surface area (Å²) in [5, 5.41) is 0. The van der Waals surface area contributed by atoms with Gasteiger partial charge in [0.25, 0.3) is 0 Å². The molecule has 1 nitrogen and oxygen atoms in total. The lowest BCUT2D eigenvalue weighted by Gasteiger charge is -2.35. The number of rotatable bonds is 1. The van der Waals surface area contributed by atoms with Crippen molar-refractivity contribution < 1.29 is 0 Å². The second-order valence-corrected chi connectivity index (χ2v) is 4.22. The SMILES string of the molecule is CC1CCCC(C)(CN)C1. The van der Waals surface area contributed by atoms with Crippen molar-refractivity contribution in [2.75, 3.05) is 6.54 Å². The Bertz CT molecular complexity index is 111. The summed E-state index contributed by atoms with van der Waals surface area (Å²) in [4.78, 5) is 0. The van der Waals surface area contributed by atoms with Gasteiger partial charge in [-0.1, -0.05) is 26.7 Å². The normalized spacial score (nSPS) is 41.7. The molecule has 60 valence electrons. The van der Waals surface area contributed by atoms with Crippen LogP contribution < -0.4 is 5.73 Å². The number of hydrogen-bond donors (Lipinski definition) is 1. The van der Waals surface area contributed by atoms with Crippen LogP contribution in [0.1, 0.15) is 39.5 Å². The Kier molecular flexibility index (Phi) is 2.35. The summed E-state index contributed by atoms with van der Waals surface area (Å²) in [5.74, 6) is 0.905. The highest BCUT2D eigenvalue weighted by atomic mass is 14.6. The maximum Gasteiger partial charge on any atom is -0.00231 e. The molecule has 2 unspecified atom stereocenters. The van der Waals surface area contributed by atoms with Gasteiger partial charge in [0.15, 0.2) is 0 Å². The van der Waals surface area contributed by atoms with Gasteiger partial charge in [-0.2, -0.15) is 0 Å². The van der Waals surface area contributed by atoms with E-state index in [-0.39, 0.29) is 0 Å². The highest BCUT2D eigenvalue weighted by molar-refractivity contribution is 4.81. The molecule has 0 aliphatic heterocycles. The molecular weight excluding hydrogens is 122 g/mol. The fourth-order valence-electron chi connectivity index (χ4n) is 2.11. The Morgan fingerprint density at radius 1 is 1.60 bits per heavy atom. The standard InChI is InChI=1S/C9H19N/c1-8-4-3-5-9(2,6-8)7-10/h8H,3-7,10H2,1-2H3. The van der Waals surface area contributed by atoms with E-state index in [1.165, 1.54) is 25.7 Å². The van der Waals surface area contributed by atoms with Crippen molar-refractivity contribution in [3.8, 4) is 0 Å². The molecule has 1 aliphatic rings. The molecule has 0 spiro atoms. The van der Waals surface area contributed by atoms with Gasteiger partial charge >= 0.3 is 0 Å². The van der Waals surface area contributed by atoms with Crippen LogP contribution in [0, 0.1) is 11.3 Å². The van der Waals surface area contributed by atoms with Gasteiger partial charge in [-0.05, 0) is 30.7 Å². The Balaban J connectivity index is 2.45. The van der Waals surface area contributed by atoms with Gasteiger partial charge in [-0.3, -0.25) is 0 Å². The van der Waals surface area contributed by atoms with Crippen LogP contribution in [0.5, 0.6) is 0 Å². The minimum Gasteiger partial charge on any atom is -0.330 e. The highest BCUT2D eigenvalue weighted by Crippen LogP contribution is 2.37. The van der Waals surface area contributed by atoms with Crippen LogP contribution >= 0.6 is 0 Å². The van der Waals surface area contributed by atoms with Gasteiger partial charge in [-0.15, -0.1) is 0 Å². The molecule has 0 amide bonds. The first kappa shape index (κ1) is 8.06. The average Bonchev–Trinajstić information content (AvgIpc) is 1.88. The first-order valence-electron chi connectivity index (χ1n) is 4.36. The Morgan fingerprint density at radius 2 is 2.30 bits per heavy atom. The summed E-state index contributed by atoms with van der Waals surface area (Å²) in [7, 11) is 0. The first-order valence-corrected chi connectivity index (χ1v) is 4.36. The van der Waals surface area contributed by atoms with Crippen molar-refractivity contribution in [1.82, 2.24) is 0 Å². The van der Waals surface area contributed by atoms with Crippen molar-refractivity contribution in [3.05, 3.63) is 0 Å². The lowest BCUT2D eigenvalue weighted by Crippen LogP contribution is -2.32. The van der Waals surface area contributed by atoms with Gasteiger partial charge in [-0.25, -0.2) is 0 Å². The lowest BCUT2D eigenvalue weighted by atomic mass is 9.71. The average molecular weight is 141 g/mol. The Labute approximate surface area is 64.0 Å². The van der Waals surface area contributed by atoms with E-state index in [1.54, 1.807) is 0 Å². The summed E-state index contributed by atoms with van der Waals surface area (Å²) in [5.41, 5.74) is 6.17. The molecule has 0 heterocycles. The van der Waals surface area contributed by atoms with E-state index in [0.717, 1.165) is 12.5 Å². The van der Waals surface area contributed by atoms with E-state index >= 15 is 0 Å². The summed E-state index contributed by atoms with van der Waals surface area (Å²) in [6.45, 7) is 5.53. The molecule has 0 radical (unpaired) electrons. The smallest absolute Gasteiger partial charge is 0.00231 e. The number of nitrogens with two attached hydrogens (primary N) is 1. The van der Waals surface area contributed by atoms with Crippen LogP contribution in [0.4, 0.5) is 0 Å². The molecule has 2 N–H and O–H groups in total. The molecule has 1 rings (SSSR count). The number of hydrogen-bond acceptors (Lipinski definition) is 1. The van der Waals surface area contributed by atoms with Gasteiger partial charge in [0.1, 0.15) is 0 Å². The maximum absolute atomic E-state index is 5.70. The minimum atomic E-state index is 0.470. The third kappa shape index (κ3) is 1.72. The predicted octanol–water partition coefficient (Wildman–Crippen LogP) is 2.16. The Morgan fingerprint density at radius 3 is 2.70 bits per heavy atom. The van der Waals surface area contributed by atoms with Crippen molar-refractivity contribution in [1.29, 1.82) is 0 Å². The molecule has 1 fully saturated rings. The molecular formula is C9H19N. The molecule has 0 saturated heterocycles. The maximum atomic E-state index is 5.70. The van der Waals surface area contributed by atoms with Gasteiger partial charge in [0.2, 0.25) is 0 Å². The lowest BCUT2D eigenvalue weighted by molar-refractivity contribution is 0.177. The van der Waals surface area contributed by atoms with Crippen LogP contribution in [0.15, 0.2) is 0 Å². The molecule has 1 heteroatoms. The largest absolute Gasteiger partial charge is 0.330 e. The van der Waals surface area contributed by atoms with Crippen molar-refractivity contribution in [2.24, 2.45) is 17.1 Å². The molecule has 10 heavy (non-hydrogen) atoms. The van der Waals surface area contributed by atoms with E-state index in [4.69, 9.17) is 5.73 Å². The second-order valence-electron chi connectivity index (χ2n) is 4.22. The zero-order valence-electron chi connectivity index (χ0n) is 7.19. The Hall–Kier alpha value is -0.0400. The molecule has 0 aromatic rings. The van der Waals surface area contributed by atoms with E-state index < -0.39 is 0 Å². The third-order valence-corrected chi connectivity index (χ3v) is 2.81. The van der Waals surface area contributed by atoms with Gasteiger partial charge < -0.3 is 5.73 Å². The predicted molar refractivity (Wildman–Crippen MR) is 44.8 cm³/mol. The van der Waals surface area contributed by atoms with Crippen molar-refractivity contribution >= 4 is 0 Å². The molecule has 1 saturated carbocycles. The van der Waals surface area contributed by atoms with E-state index in [0.29, 0.717) is 5.41 Å². The highest BCUT2D eigenvalue weighted by Gasteiger charge is 2.28. The summed E-state index contributed by atoms with van der Waals surface area (Å²) in [6.07, 6.45) is 5.47. The molecule has 0 aromatic heterocycles. The van der Waals surface area contributed by atoms with Crippen LogP contribution in [-0.2, 0) is 0 Å². The summed E-state index contributed by atoms with van der Waals surface area (Å²) < 4.78 is 0. The van der Waals surface area contributed by atoms with Crippen LogP contribution in [0.3, 0.4) is 0 Å². The zero-order valence-corrected chi connectivity index (χ0v) is 7.19. The van der Waals surface area contributed by atoms with Gasteiger partial charge in [0.05, 0.1) is 0 Å². The topological polar surface area (TPSA) is 26.0 Å². The van der Waals surface area contributed by atoms with E-state index in [9.17, 15) is 0 Å². The van der Waals surface area contributed by atoms with E-state index in [2.05, 4.69) is 13.8 Å². The fraction of sp³-hybridized carbons (Fsp3) is 1.00. The molecule has 2 atom stereocenters. The summed E-state index contributed by atoms with van der Waals surface area (Å²) in [6, 6.07) is 0. The van der Waals surface area contributed by atoms with Crippen LogP contribution in [0.2, 0.25) is 0 Å². The van der Waals surface area contributed by atoms with Gasteiger partial charge in [0, 0.05) is 0 Å². The second kappa shape index (κ2) is 2.91. The summed E-state index contributed by atoms with van der Waals surface area (Å²) >= 11 is 0. The molecule has 0 aromatic carbocycles. The van der Waals surface area contributed by atoms with E-state index in [1.807, 2.05) is 0 Å². The molecule has 0 bridgehead atoms. The van der Waals surface area contributed by atoms with Crippen molar-refractivity contribution in [3.63, 3.8) is 0 Å². The fourth-order valence-corrected chi connectivity index (χ4v) is 2.11. The van der Waals surface area contributed by atoms with Crippen molar-refractivity contribution in [2.45, 2.75) is 39.5 Å². The quantitative estimate of drug-likeness (QED) is 0.595. The van der Waals surface area contributed by atoms with Crippen LogP contribution in [0.25, 0.3) is 0 Å². The molecule has 1 aliphatic carbocycles. The third-order valence-electron chi connectivity index (χ3n) is 2.81. The minimum absolute atomic E-state index is 0.470.